The third-order valence-electron chi connectivity index (χ3n) is 4.38. The summed E-state index contributed by atoms with van der Waals surface area (Å²) in [7, 11) is 3.37. The lowest BCUT2D eigenvalue weighted by molar-refractivity contribution is 0.247. The molecule has 0 N–H and O–H groups in total. The summed E-state index contributed by atoms with van der Waals surface area (Å²) in [6.45, 7) is 2.15. The average Bonchev–Trinajstić information content (AvgIpc) is 3.03. The van der Waals surface area contributed by atoms with Gasteiger partial charge in [0.05, 0.1) is 14.2 Å². The number of nitrogens with zero attached hydrogens (tertiary/aromatic N) is 1. The van der Waals surface area contributed by atoms with Crippen molar-refractivity contribution >= 4 is 0 Å². The predicted molar refractivity (Wildman–Crippen MR) is 88.4 cm³/mol. The van der Waals surface area contributed by atoms with Crippen LogP contribution < -0.4 is 9.47 Å². The molecule has 0 aromatic heterocycles. The maximum absolute atomic E-state index is 5.45. The highest BCUT2D eigenvalue weighted by Crippen LogP contribution is 2.37. The number of methoxy groups -OCH3 is 2. The third-order valence-corrected chi connectivity index (χ3v) is 4.38. The van der Waals surface area contributed by atoms with Crippen molar-refractivity contribution in [2.45, 2.75) is 25.4 Å². The van der Waals surface area contributed by atoms with Gasteiger partial charge in [0.2, 0.25) is 0 Å². The van der Waals surface area contributed by atoms with Crippen molar-refractivity contribution in [3.05, 3.63) is 59.7 Å². The van der Waals surface area contributed by atoms with Gasteiger partial charge in [-0.1, -0.05) is 36.4 Å². The highest BCUT2D eigenvalue weighted by Gasteiger charge is 2.26. The van der Waals surface area contributed by atoms with E-state index in [-0.39, 0.29) is 0 Å². The van der Waals surface area contributed by atoms with Gasteiger partial charge in [-0.15, -0.1) is 0 Å². The molecule has 0 amide bonds. The zero-order valence-electron chi connectivity index (χ0n) is 13.3. The van der Waals surface area contributed by atoms with E-state index in [2.05, 4.69) is 47.4 Å². The lowest BCUT2D eigenvalue weighted by Crippen LogP contribution is -2.22. The zero-order valence-corrected chi connectivity index (χ0v) is 13.3. The lowest BCUT2D eigenvalue weighted by Gasteiger charge is -2.25. The van der Waals surface area contributed by atoms with E-state index in [0.29, 0.717) is 6.04 Å². The second-order valence-electron chi connectivity index (χ2n) is 5.73. The average molecular weight is 297 g/mol. The number of rotatable bonds is 5. The largest absolute Gasteiger partial charge is 0.493 e. The Morgan fingerprint density at radius 3 is 2.50 bits per heavy atom. The number of hydrogen-bond acceptors (Lipinski definition) is 3. The molecule has 0 bridgehead atoms. The van der Waals surface area contributed by atoms with Crippen LogP contribution in [0.4, 0.5) is 0 Å². The maximum atomic E-state index is 5.45. The first-order valence-corrected chi connectivity index (χ1v) is 7.81. The number of benzene rings is 2. The van der Waals surface area contributed by atoms with Gasteiger partial charge in [-0.3, -0.25) is 4.90 Å². The quantitative estimate of drug-likeness (QED) is 0.831. The Balaban J connectivity index is 1.81. The summed E-state index contributed by atoms with van der Waals surface area (Å²) in [5.41, 5.74) is 2.68. The molecule has 1 heterocycles. The van der Waals surface area contributed by atoms with E-state index in [1.165, 1.54) is 24.0 Å². The van der Waals surface area contributed by atoms with Crippen LogP contribution in [0, 0.1) is 0 Å². The second kappa shape index (κ2) is 6.84. The van der Waals surface area contributed by atoms with Crippen LogP contribution >= 0.6 is 0 Å². The Kier molecular flexibility index (Phi) is 4.64. The van der Waals surface area contributed by atoms with Crippen LogP contribution in [0.25, 0.3) is 0 Å². The number of likely N-dealkylation sites (tertiary alicyclic amines) is 1. The first kappa shape index (κ1) is 14.9. The molecule has 0 spiro atoms. The monoisotopic (exact) mass is 297 g/mol. The van der Waals surface area contributed by atoms with E-state index in [0.717, 1.165) is 24.6 Å². The fourth-order valence-electron chi connectivity index (χ4n) is 3.27. The van der Waals surface area contributed by atoms with E-state index in [1.807, 2.05) is 6.07 Å². The van der Waals surface area contributed by atoms with E-state index in [1.54, 1.807) is 14.2 Å². The van der Waals surface area contributed by atoms with Crippen molar-refractivity contribution in [1.29, 1.82) is 0 Å². The summed E-state index contributed by atoms with van der Waals surface area (Å²) < 4.78 is 10.8. The summed E-state index contributed by atoms with van der Waals surface area (Å²) in [5.74, 6) is 1.60. The highest BCUT2D eigenvalue weighted by atomic mass is 16.5. The standard InChI is InChI=1S/C19H23NO2/c1-21-18-11-10-16(13-19(18)22-2)17-9-6-12-20(17)14-15-7-4-3-5-8-15/h3-5,7-8,10-11,13,17H,6,9,12,14H2,1-2H3. The van der Waals surface area contributed by atoms with Crippen molar-refractivity contribution in [2.24, 2.45) is 0 Å². The Bertz CT molecular complexity index is 612. The Morgan fingerprint density at radius 2 is 1.77 bits per heavy atom. The summed E-state index contributed by atoms with van der Waals surface area (Å²) >= 11 is 0. The van der Waals surface area contributed by atoms with E-state index < -0.39 is 0 Å². The van der Waals surface area contributed by atoms with Crippen LogP contribution in [-0.4, -0.2) is 25.7 Å². The van der Waals surface area contributed by atoms with Crippen LogP contribution in [0.15, 0.2) is 48.5 Å². The minimum absolute atomic E-state index is 0.458. The van der Waals surface area contributed by atoms with Gasteiger partial charge >= 0.3 is 0 Å². The van der Waals surface area contributed by atoms with Gasteiger partial charge in [-0.2, -0.15) is 0 Å². The van der Waals surface area contributed by atoms with Gasteiger partial charge in [0.15, 0.2) is 11.5 Å². The highest BCUT2D eigenvalue weighted by molar-refractivity contribution is 5.44. The first-order valence-electron chi connectivity index (χ1n) is 7.81. The fraction of sp³-hybridized carbons (Fsp3) is 0.368. The van der Waals surface area contributed by atoms with Gasteiger partial charge in [-0.25, -0.2) is 0 Å². The smallest absolute Gasteiger partial charge is 0.161 e. The van der Waals surface area contributed by atoms with Crippen molar-refractivity contribution in [2.75, 3.05) is 20.8 Å². The summed E-state index contributed by atoms with van der Waals surface area (Å²) in [6, 6.07) is 17.4. The normalized spacial score (nSPS) is 18.4. The summed E-state index contributed by atoms with van der Waals surface area (Å²) in [5, 5.41) is 0. The van der Waals surface area contributed by atoms with Crippen LogP contribution in [0.3, 0.4) is 0 Å². The summed E-state index contributed by atoms with van der Waals surface area (Å²) in [4.78, 5) is 2.55. The van der Waals surface area contributed by atoms with Crippen LogP contribution in [-0.2, 0) is 6.54 Å². The lowest BCUT2D eigenvalue weighted by atomic mass is 10.0. The zero-order chi connectivity index (χ0) is 15.4. The maximum Gasteiger partial charge on any atom is 0.161 e. The topological polar surface area (TPSA) is 21.7 Å². The molecule has 2 aromatic carbocycles. The van der Waals surface area contributed by atoms with Crippen molar-refractivity contribution in [3.8, 4) is 11.5 Å². The van der Waals surface area contributed by atoms with E-state index in [9.17, 15) is 0 Å². The molecule has 3 heteroatoms. The molecule has 2 aromatic rings. The minimum atomic E-state index is 0.458. The van der Waals surface area contributed by atoms with Gasteiger partial charge in [0.1, 0.15) is 0 Å². The van der Waals surface area contributed by atoms with Crippen molar-refractivity contribution < 1.29 is 9.47 Å². The Morgan fingerprint density at radius 1 is 1.00 bits per heavy atom. The molecule has 0 aliphatic carbocycles. The first-order chi connectivity index (χ1) is 10.8. The summed E-state index contributed by atoms with van der Waals surface area (Å²) in [6.07, 6.45) is 2.44. The van der Waals surface area contributed by atoms with Crippen LogP contribution in [0.2, 0.25) is 0 Å². The van der Waals surface area contributed by atoms with Crippen LogP contribution in [0.5, 0.6) is 11.5 Å². The molecule has 3 rings (SSSR count). The number of hydrogen-bond donors (Lipinski definition) is 0. The Labute approximate surface area is 132 Å². The molecule has 22 heavy (non-hydrogen) atoms. The van der Waals surface area contributed by atoms with Gasteiger partial charge in [0, 0.05) is 12.6 Å². The van der Waals surface area contributed by atoms with E-state index in [4.69, 9.17) is 9.47 Å². The molecule has 1 aliphatic rings. The minimum Gasteiger partial charge on any atom is -0.493 e. The van der Waals surface area contributed by atoms with Crippen molar-refractivity contribution in [1.82, 2.24) is 4.90 Å². The molecule has 116 valence electrons. The van der Waals surface area contributed by atoms with Crippen LogP contribution in [0.1, 0.15) is 30.0 Å². The Hall–Kier alpha value is -2.00. The fourth-order valence-corrected chi connectivity index (χ4v) is 3.27. The van der Waals surface area contributed by atoms with E-state index >= 15 is 0 Å². The molecule has 1 atom stereocenters. The van der Waals surface area contributed by atoms with Gasteiger partial charge in [-0.05, 0) is 42.6 Å². The molecule has 0 saturated carbocycles. The molecule has 3 nitrogen and oxygen atoms in total. The molecule has 1 aliphatic heterocycles. The molecular weight excluding hydrogens is 274 g/mol. The molecule has 0 radical (unpaired) electrons. The van der Waals surface area contributed by atoms with Crippen molar-refractivity contribution in [3.63, 3.8) is 0 Å². The molecular formula is C19H23NO2. The van der Waals surface area contributed by atoms with Gasteiger partial charge in [0.25, 0.3) is 0 Å². The molecule has 1 saturated heterocycles. The molecule has 1 unspecified atom stereocenters. The SMILES string of the molecule is COc1ccc(C2CCCN2Cc2ccccc2)cc1OC. The predicted octanol–water partition coefficient (Wildman–Crippen LogP) is 4.04. The van der Waals surface area contributed by atoms with Gasteiger partial charge < -0.3 is 9.47 Å². The number of ether oxygens (including phenoxy) is 2. The second-order valence-corrected chi connectivity index (χ2v) is 5.73. The molecule has 1 fully saturated rings. The third kappa shape index (κ3) is 3.09.